The Morgan fingerprint density at radius 3 is 2.75 bits per heavy atom. The van der Waals surface area contributed by atoms with Gasteiger partial charge in [0.1, 0.15) is 5.82 Å². The van der Waals surface area contributed by atoms with E-state index >= 15 is 0 Å². The van der Waals surface area contributed by atoms with E-state index in [1.807, 2.05) is 6.07 Å². The molecule has 0 unspecified atom stereocenters. The van der Waals surface area contributed by atoms with Crippen molar-refractivity contribution in [3.05, 3.63) is 52.7 Å². The highest BCUT2D eigenvalue weighted by Crippen LogP contribution is 2.24. The van der Waals surface area contributed by atoms with E-state index in [0.717, 1.165) is 37.5 Å². The highest BCUT2D eigenvalue weighted by atomic mass is 127. The minimum atomic E-state index is -0.236. The molecular formula is C20H28FIN4OS. The van der Waals surface area contributed by atoms with Crippen LogP contribution in [0.5, 0.6) is 0 Å². The number of anilines is 1. The first kappa shape index (κ1) is 22.9. The van der Waals surface area contributed by atoms with E-state index in [4.69, 9.17) is 4.74 Å². The van der Waals surface area contributed by atoms with Crippen LogP contribution < -0.4 is 15.5 Å². The number of rotatable bonds is 6. The standard InChI is InChI=1S/C20H27FN4OS.HI/c1-22-20(23-13-15-5-6-18(21)16(12-15)14-26-2)24-17-7-9-25(10-8-17)19-4-3-11-27-19;/h3-6,11-12,17H,7-10,13-14H2,1-2H3,(H2,22,23,24);1H. The van der Waals surface area contributed by atoms with Crippen molar-refractivity contribution in [1.82, 2.24) is 10.6 Å². The summed E-state index contributed by atoms with van der Waals surface area (Å²) in [6.45, 7) is 2.96. The second-order valence-electron chi connectivity index (χ2n) is 6.64. The number of piperidine rings is 1. The Balaban J connectivity index is 0.00000280. The smallest absolute Gasteiger partial charge is 0.191 e. The summed E-state index contributed by atoms with van der Waals surface area (Å²) in [6.07, 6.45) is 2.15. The maximum atomic E-state index is 13.7. The Bertz CT molecular complexity index is 749. The number of thiophene rings is 1. The third-order valence-electron chi connectivity index (χ3n) is 4.75. The van der Waals surface area contributed by atoms with Gasteiger partial charge < -0.3 is 20.3 Å². The van der Waals surface area contributed by atoms with Crippen molar-refractivity contribution in [3.63, 3.8) is 0 Å². The Labute approximate surface area is 187 Å². The molecule has 2 aromatic rings. The second kappa shape index (κ2) is 11.6. The molecule has 0 amide bonds. The normalized spacial score (nSPS) is 15.2. The molecule has 0 atom stereocenters. The van der Waals surface area contributed by atoms with Gasteiger partial charge in [0, 0.05) is 45.4 Å². The number of nitrogens with zero attached hydrogens (tertiary/aromatic N) is 2. The van der Waals surface area contributed by atoms with E-state index in [2.05, 4.69) is 38.0 Å². The van der Waals surface area contributed by atoms with E-state index in [1.54, 1.807) is 31.6 Å². The fraction of sp³-hybridized carbons (Fsp3) is 0.450. The first-order valence-corrected chi connectivity index (χ1v) is 10.1. The van der Waals surface area contributed by atoms with Crippen LogP contribution in [-0.2, 0) is 17.9 Å². The fourth-order valence-electron chi connectivity index (χ4n) is 3.27. The molecule has 1 aromatic heterocycles. The summed E-state index contributed by atoms with van der Waals surface area (Å²) in [6, 6.07) is 9.79. The quantitative estimate of drug-likeness (QED) is 0.345. The fourth-order valence-corrected chi connectivity index (χ4v) is 4.06. The molecule has 2 heterocycles. The number of benzene rings is 1. The molecule has 154 valence electrons. The van der Waals surface area contributed by atoms with Gasteiger partial charge in [0.05, 0.1) is 11.6 Å². The van der Waals surface area contributed by atoms with Crippen LogP contribution >= 0.6 is 35.3 Å². The van der Waals surface area contributed by atoms with Gasteiger partial charge in [-0.3, -0.25) is 4.99 Å². The van der Waals surface area contributed by atoms with Crippen molar-refractivity contribution < 1.29 is 9.13 Å². The largest absolute Gasteiger partial charge is 0.380 e. The van der Waals surface area contributed by atoms with Crippen LogP contribution in [0.25, 0.3) is 0 Å². The molecule has 28 heavy (non-hydrogen) atoms. The van der Waals surface area contributed by atoms with Crippen molar-refractivity contribution in [2.75, 3.05) is 32.1 Å². The van der Waals surface area contributed by atoms with Crippen LogP contribution in [0.1, 0.15) is 24.0 Å². The molecule has 1 saturated heterocycles. The Kier molecular flexibility index (Phi) is 9.46. The summed E-state index contributed by atoms with van der Waals surface area (Å²) < 4.78 is 18.8. The molecule has 5 nitrogen and oxygen atoms in total. The van der Waals surface area contributed by atoms with Crippen LogP contribution in [0, 0.1) is 5.82 Å². The molecule has 2 N–H and O–H groups in total. The molecule has 0 aliphatic carbocycles. The number of methoxy groups -OCH3 is 1. The van der Waals surface area contributed by atoms with E-state index in [0.29, 0.717) is 18.2 Å². The van der Waals surface area contributed by atoms with Crippen molar-refractivity contribution in [3.8, 4) is 0 Å². The van der Waals surface area contributed by atoms with Gasteiger partial charge in [0.25, 0.3) is 0 Å². The zero-order valence-electron chi connectivity index (χ0n) is 16.3. The lowest BCUT2D eigenvalue weighted by atomic mass is 10.1. The van der Waals surface area contributed by atoms with E-state index < -0.39 is 0 Å². The zero-order chi connectivity index (χ0) is 19.1. The molecule has 3 rings (SSSR count). The van der Waals surface area contributed by atoms with Gasteiger partial charge in [-0.15, -0.1) is 35.3 Å². The number of guanidine groups is 1. The molecule has 1 aliphatic rings. The molecule has 0 saturated carbocycles. The highest BCUT2D eigenvalue weighted by Gasteiger charge is 2.20. The summed E-state index contributed by atoms with van der Waals surface area (Å²) in [5, 5.41) is 10.3. The summed E-state index contributed by atoms with van der Waals surface area (Å²) >= 11 is 1.79. The lowest BCUT2D eigenvalue weighted by Crippen LogP contribution is -2.48. The van der Waals surface area contributed by atoms with Gasteiger partial charge >= 0.3 is 0 Å². The number of aliphatic imine (C=N–C) groups is 1. The summed E-state index contributed by atoms with van der Waals surface area (Å²) in [5.41, 5.74) is 1.57. The van der Waals surface area contributed by atoms with Gasteiger partial charge in [-0.25, -0.2) is 4.39 Å². The number of halogens is 2. The lowest BCUT2D eigenvalue weighted by molar-refractivity contribution is 0.181. The first-order valence-electron chi connectivity index (χ1n) is 9.21. The van der Waals surface area contributed by atoms with Crippen LogP contribution in [0.2, 0.25) is 0 Å². The second-order valence-corrected chi connectivity index (χ2v) is 7.57. The van der Waals surface area contributed by atoms with Crippen LogP contribution in [0.15, 0.2) is 40.7 Å². The monoisotopic (exact) mass is 518 g/mol. The molecule has 0 bridgehead atoms. The topological polar surface area (TPSA) is 48.9 Å². The minimum Gasteiger partial charge on any atom is -0.380 e. The average Bonchev–Trinajstić information content (AvgIpc) is 3.23. The summed E-state index contributed by atoms with van der Waals surface area (Å²) in [5.74, 6) is 0.544. The molecule has 1 aliphatic heterocycles. The van der Waals surface area contributed by atoms with Crippen molar-refractivity contribution in [1.29, 1.82) is 0 Å². The molecule has 8 heteroatoms. The zero-order valence-corrected chi connectivity index (χ0v) is 19.4. The van der Waals surface area contributed by atoms with Crippen LogP contribution in [0.3, 0.4) is 0 Å². The number of hydrogen-bond donors (Lipinski definition) is 2. The SMILES string of the molecule is CN=C(NCc1ccc(F)c(COC)c1)NC1CCN(c2cccs2)CC1.I. The number of nitrogens with one attached hydrogen (secondary N) is 2. The average molecular weight is 518 g/mol. The van der Waals surface area contributed by atoms with E-state index in [-0.39, 0.29) is 36.4 Å². The lowest BCUT2D eigenvalue weighted by Gasteiger charge is -2.33. The third kappa shape index (κ3) is 6.31. The maximum absolute atomic E-state index is 13.7. The molecule has 1 fully saturated rings. The molecule has 1 aromatic carbocycles. The van der Waals surface area contributed by atoms with Gasteiger partial charge in [0.2, 0.25) is 0 Å². The van der Waals surface area contributed by atoms with Gasteiger partial charge in [-0.2, -0.15) is 0 Å². The van der Waals surface area contributed by atoms with Crippen molar-refractivity contribution in [2.45, 2.75) is 32.0 Å². The maximum Gasteiger partial charge on any atom is 0.191 e. The van der Waals surface area contributed by atoms with Gasteiger partial charge in [-0.1, -0.05) is 6.07 Å². The molecule has 0 spiro atoms. The van der Waals surface area contributed by atoms with Crippen molar-refractivity contribution >= 4 is 46.3 Å². The van der Waals surface area contributed by atoms with E-state index in [9.17, 15) is 4.39 Å². The predicted octanol–water partition coefficient (Wildman–Crippen LogP) is 3.99. The number of ether oxygens (including phenoxy) is 1. The van der Waals surface area contributed by atoms with Gasteiger partial charge in [-0.05, 0) is 48.1 Å². The summed E-state index contributed by atoms with van der Waals surface area (Å²) in [7, 11) is 3.34. The van der Waals surface area contributed by atoms with Gasteiger partial charge in [0.15, 0.2) is 5.96 Å². The van der Waals surface area contributed by atoms with Crippen LogP contribution in [-0.4, -0.2) is 39.2 Å². The number of hydrogen-bond acceptors (Lipinski definition) is 4. The predicted molar refractivity (Wildman–Crippen MR) is 125 cm³/mol. The van der Waals surface area contributed by atoms with Crippen LogP contribution in [0.4, 0.5) is 9.39 Å². The Morgan fingerprint density at radius 1 is 1.32 bits per heavy atom. The molecular weight excluding hydrogens is 490 g/mol. The summed E-state index contributed by atoms with van der Waals surface area (Å²) in [4.78, 5) is 6.77. The first-order chi connectivity index (χ1) is 13.2. The van der Waals surface area contributed by atoms with Crippen molar-refractivity contribution in [2.24, 2.45) is 4.99 Å². The Hall–Kier alpha value is -1.39. The third-order valence-corrected chi connectivity index (χ3v) is 5.68. The molecule has 0 radical (unpaired) electrons. The van der Waals surface area contributed by atoms with E-state index in [1.165, 1.54) is 11.1 Å². The minimum absolute atomic E-state index is 0. The Morgan fingerprint density at radius 2 is 2.11 bits per heavy atom. The highest BCUT2D eigenvalue weighted by molar-refractivity contribution is 14.0.